The second kappa shape index (κ2) is 8.79. The zero-order valence-corrected chi connectivity index (χ0v) is 15.7. The number of amides is 2. The van der Waals surface area contributed by atoms with Gasteiger partial charge in [0.25, 0.3) is 11.6 Å². The number of benzene rings is 2. The Bertz CT molecular complexity index is 1050. The van der Waals surface area contributed by atoms with Crippen molar-refractivity contribution in [3.05, 3.63) is 82.4 Å². The van der Waals surface area contributed by atoms with Crippen LogP contribution in [-0.2, 0) is 11.2 Å². The zero-order chi connectivity index (χ0) is 20.8. The van der Waals surface area contributed by atoms with Crippen LogP contribution in [0.1, 0.15) is 22.8 Å². The summed E-state index contributed by atoms with van der Waals surface area (Å²) < 4.78 is 1.48. The molecule has 3 rings (SSSR count). The Hall–Kier alpha value is -4.01. The summed E-state index contributed by atoms with van der Waals surface area (Å²) in [6.07, 6.45) is 5.26. The highest BCUT2D eigenvalue weighted by Crippen LogP contribution is 2.24. The van der Waals surface area contributed by atoms with E-state index in [0.29, 0.717) is 5.69 Å². The van der Waals surface area contributed by atoms with Gasteiger partial charge in [-0.1, -0.05) is 25.1 Å². The standard InChI is InChI=1S/C20H19N5O4/c1-2-14-5-3-4-6-16(14)23-19(26)12-22-20(27)15-7-8-17(18(11-15)25(28)29)24-10-9-21-13-24/h3-11,13H,2,12H2,1H3,(H,22,27)(H,23,26). The van der Waals surface area contributed by atoms with Crippen LogP contribution >= 0.6 is 0 Å². The number of hydrogen-bond acceptors (Lipinski definition) is 5. The molecule has 0 atom stereocenters. The molecule has 1 heterocycles. The predicted molar refractivity (Wildman–Crippen MR) is 107 cm³/mol. The summed E-state index contributed by atoms with van der Waals surface area (Å²) >= 11 is 0. The number of para-hydroxylation sites is 1. The number of anilines is 1. The Morgan fingerprint density at radius 1 is 1.21 bits per heavy atom. The number of aromatic nitrogens is 2. The number of nitro benzene ring substituents is 1. The normalized spacial score (nSPS) is 10.4. The molecule has 1 aromatic heterocycles. The van der Waals surface area contributed by atoms with Crippen LogP contribution in [0.5, 0.6) is 0 Å². The zero-order valence-electron chi connectivity index (χ0n) is 15.7. The molecular formula is C20H19N5O4. The van der Waals surface area contributed by atoms with Gasteiger partial charge in [-0.05, 0) is 30.2 Å². The van der Waals surface area contributed by atoms with Gasteiger partial charge >= 0.3 is 0 Å². The SMILES string of the molecule is CCc1ccccc1NC(=O)CNC(=O)c1ccc(-n2ccnc2)c([N+](=O)[O-])c1. The summed E-state index contributed by atoms with van der Waals surface area (Å²) in [5, 5.41) is 16.6. The van der Waals surface area contributed by atoms with Crippen molar-refractivity contribution in [3.63, 3.8) is 0 Å². The first-order valence-electron chi connectivity index (χ1n) is 8.92. The van der Waals surface area contributed by atoms with Crippen molar-refractivity contribution < 1.29 is 14.5 Å². The predicted octanol–water partition coefficient (Wildman–Crippen LogP) is 2.71. The fourth-order valence-corrected chi connectivity index (χ4v) is 2.84. The Morgan fingerprint density at radius 3 is 2.69 bits per heavy atom. The largest absolute Gasteiger partial charge is 0.343 e. The number of nitro groups is 1. The molecular weight excluding hydrogens is 374 g/mol. The van der Waals surface area contributed by atoms with Crippen molar-refractivity contribution in [1.29, 1.82) is 0 Å². The van der Waals surface area contributed by atoms with Gasteiger partial charge in [-0.3, -0.25) is 19.7 Å². The Labute approximate surface area is 166 Å². The van der Waals surface area contributed by atoms with Crippen LogP contribution in [-0.4, -0.2) is 32.8 Å². The van der Waals surface area contributed by atoms with Gasteiger partial charge in [-0.2, -0.15) is 0 Å². The maximum atomic E-state index is 12.4. The van der Waals surface area contributed by atoms with Crippen molar-refractivity contribution in [2.45, 2.75) is 13.3 Å². The van der Waals surface area contributed by atoms with Crippen LogP contribution in [0.25, 0.3) is 5.69 Å². The van der Waals surface area contributed by atoms with Gasteiger partial charge in [0.15, 0.2) is 0 Å². The molecule has 0 spiro atoms. The van der Waals surface area contributed by atoms with E-state index in [-0.39, 0.29) is 29.4 Å². The van der Waals surface area contributed by atoms with Gasteiger partial charge in [0.1, 0.15) is 5.69 Å². The third-order valence-electron chi connectivity index (χ3n) is 4.30. The lowest BCUT2D eigenvalue weighted by Crippen LogP contribution is -2.33. The van der Waals surface area contributed by atoms with Crippen LogP contribution in [0.2, 0.25) is 0 Å². The highest BCUT2D eigenvalue weighted by molar-refractivity contribution is 6.00. The minimum Gasteiger partial charge on any atom is -0.343 e. The van der Waals surface area contributed by atoms with Crippen molar-refractivity contribution in [2.75, 3.05) is 11.9 Å². The Morgan fingerprint density at radius 2 is 2.00 bits per heavy atom. The number of carbonyl (C=O) groups is 2. The molecule has 9 heteroatoms. The fraction of sp³-hybridized carbons (Fsp3) is 0.150. The number of hydrogen-bond donors (Lipinski definition) is 2. The molecule has 148 valence electrons. The van der Waals surface area contributed by atoms with Crippen LogP contribution in [0.15, 0.2) is 61.2 Å². The molecule has 0 saturated heterocycles. The molecule has 2 aromatic carbocycles. The number of rotatable bonds is 7. The average Bonchev–Trinajstić information content (AvgIpc) is 3.26. The molecule has 0 fully saturated rings. The maximum absolute atomic E-state index is 12.4. The number of carbonyl (C=O) groups excluding carboxylic acids is 2. The highest BCUT2D eigenvalue weighted by Gasteiger charge is 2.19. The van der Waals surface area contributed by atoms with E-state index in [2.05, 4.69) is 15.6 Å². The van der Waals surface area contributed by atoms with E-state index < -0.39 is 10.8 Å². The molecule has 3 aromatic rings. The maximum Gasteiger partial charge on any atom is 0.294 e. The highest BCUT2D eigenvalue weighted by atomic mass is 16.6. The van der Waals surface area contributed by atoms with Crippen LogP contribution < -0.4 is 10.6 Å². The molecule has 2 amide bonds. The molecule has 0 radical (unpaired) electrons. The molecule has 0 aliphatic carbocycles. The van der Waals surface area contributed by atoms with E-state index in [1.807, 2.05) is 25.1 Å². The molecule has 2 N–H and O–H groups in total. The van der Waals surface area contributed by atoms with Crippen LogP contribution in [0, 0.1) is 10.1 Å². The molecule has 0 aliphatic rings. The van der Waals surface area contributed by atoms with E-state index in [1.165, 1.54) is 35.3 Å². The molecule has 29 heavy (non-hydrogen) atoms. The van der Waals surface area contributed by atoms with Gasteiger partial charge in [-0.25, -0.2) is 4.98 Å². The second-order valence-electron chi connectivity index (χ2n) is 6.17. The van der Waals surface area contributed by atoms with Crippen molar-refractivity contribution >= 4 is 23.2 Å². The van der Waals surface area contributed by atoms with Crippen molar-refractivity contribution in [2.24, 2.45) is 0 Å². The number of aryl methyl sites for hydroxylation is 1. The summed E-state index contributed by atoms with van der Waals surface area (Å²) in [6, 6.07) is 11.5. The molecule has 0 unspecified atom stereocenters. The summed E-state index contributed by atoms with van der Waals surface area (Å²) in [5.41, 5.74) is 1.81. The topological polar surface area (TPSA) is 119 Å². The first-order valence-corrected chi connectivity index (χ1v) is 8.92. The van der Waals surface area contributed by atoms with E-state index in [4.69, 9.17) is 0 Å². The monoisotopic (exact) mass is 393 g/mol. The lowest BCUT2D eigenvalue weighted by Gasteiger charge is -2.11. The third kappa shape index (κ3) is 4.64. The molecule has 0 saturated carbocycles. The average molecular weight is 393 g/mol. The quantitative estimate of drug-likeness (QED) is 0.472. The Kier molecular flexibility index (Phi) is 5.98. The third-order valence-corrected chi connectivity index (χ3v) is 4.30. The van der Waals surface area contributed by atoms with E-state index in [1.54, 1.807) is 12.3 Å². The van der Waals surface area contributed by atoms with Gasteiger partial charge < -0.3 is 15.2 Å². The van der Waals surface area contributed by atoms with Gasteiger partial charge in [0.05, 0.1) is 17.8 Å². The summed E-state index contributed by atoms with van der Waals surface area (Å²) in [7, 11) is 0. The number of nitrogens with zero attached hydrogens (tertiary/aromatic N) is 3. The smallest absolute Gasteiger partial charge is 0.294 e. The molecule has 0 bridgehead atoms. The first kappa shape index (κ1) is 19.7. The van der Waals surface area contributed by atoms with Crippen LogP contribution in [0.4, 0.5) is 11.4 Å². The van der Waals surface area contributed by atoms with Crippen LogP contribution in [0.3, 0.4) is 0 Å². The van der Waals surface area contributed by atoms with E-state index >= 15 is 0 Å². The van der Waals surface area contributed by atoms with E-state index in [0.717, 1.165) is 12.0 Å². The minimum absolute atomic E-state index is 0.0855. The first-order chi connectivity index (χ1) is 14.0. The lowest BCUT2D eigenvalue weighted by molar-refractivity contribution is -0.384. The fourth-order valence-electron chi connectivity index (χ4n) is 2.84. The Balaban J connectivity index is 1.68. The summed E-state index contributed by atoms with van der Waals surface area (Å²) in [4.78, 5) is 39.2. The summed E-state index contributed by atoms with van der Waals surface area (Å²) in [6.45, 7) is 1.72. The minimum atomic E-state index is -0.579. The van der Waals surface area contributed by atoms with Gasteiger partial charge in [0, 0.05) is 29.7 Å². The van der Waals surface area contributed by atoms with Gasteiger partial charge in [-0.15, -0.1) is 0 Å². The van der Waals surface area contributed by atoms with Crippen molar-refractivity contribution in [1.82, 2.24) is 14.9 Å². The lowest BCUT2D eigenvalue weighted by atomic mass is 10.1. The molecule has 0 aliphatic heterocycles. The molecule has 9 nitrogen and oxygen atoms in total. The number of nitrogens with one attached hydrogen (secondary N) is 2. The second-order valence-corrected chi connectivity index (χ2v) is 6.17. The summed E-state index contributed by atoms with van der Waals surface area (Å²) in [5.74, 6) is -0.965. The van der Waals surface area contributed by atoms with E-state index in [9.17, 15) is 19.7 Å². The number of imidazole rings is 1. The van der Waals surface area contributed by atoms with Crippen molar-refractivity contribution in [3.8, 4) is 5.69 Å². The van der Waals surface area contributed by atoms with Gasteiger partial charge in [0.2, 0.25) is 5.91 Å².